The van der Waals surface area contributed by atoms with Gasteiger partial charge in [0.25, 0.3) is 0 Å². The van der Waals surface area contributed by atoms with Crippen molar-refractivity contribution >= 4 is 11.8 Å². The quantitative estimate of drug-likeness (QED) is 0.869. The number of nitrogens with zero attached hydrogens (tertiary/aromatic N) is 1. The van der Waals surface area contributed by atoms with Crippen LogP contribution in [0.1, 0.15) is 42.5 Å². The largest absolute Gasteiger partial charge is 0.508 e. The summed E-state index contributed by atoms with van der Waals surface area (Å²) in [4.78, 5) is 26.4. The zero-order chi connectivity index (χ0) is 18.5. The first-order valence-corrected chi connectivity index (χ1v) is 8.96. The lowest BCUT2D eigenvalue weighted by molar-refractivity contribution is -0.134. The molecule has 136 valence electrons. The zero-order valence-corrected chi connectivity index (χ0v) is 14.9. The predicted octanol–water partition coefficient (Wildman–Crippen LogP) is 2.93. The molecule has 3 rings (SSSR count). The molecule has 1 heterocycles. The molecule has 2 aromatic rings. The third kappa shape index (κ3) is 4.42. The van der Waals surface area contributed by atoms with Gasteiger partial charge in [0.05, 0.1) is 6.04 Å². The van der Waals surface area contributed by atoms with Gasteiger partial charge in [-0.2, -0.15) is 0 Å². The Hall–Kier alpha value is -2.82. The van der Waals surface area contributed by atoms with E-state index in [2.05, 4.69) is 17.4 Å². The Balaban J connectivity index is 1.47. The van der Waals surface area contributed by atoms with Crippen LogP contribution in [-0.2, 0) is 22.6 Å². The molecule has 2 aromatic carbocycles. The summed E-state index contributed by atoms with van der Waals surface area (Å²) >= 11 is 0. The molecule has 0 aromatic heterocycles. The van der Waals surface area contributed by atoms with Crippen molar-refractivity contribution in [1.82, 2.24) is 10.2 Å². The molecule has 2 amide bonds. The van der Waals surface area contributed by atoms with Gasteiger partial charge < -0.3 is 15.3 Å². The number of rotatable bonds is 5. The van der Waals surface area contributed by atoms with Crippen LogP contribution in [0.3, 0.4) is 0 Å². The lowest BCUT2D eigenvalue weighted by atomic mass is 9.99. The second kappa shape index (κ2) is 8.04. The Morgan fingerprint density at radius 3 is 2.50 bits per heavy atom. The Bertz CT molecular complexity index is 786. The van der Waals surface area contributed by atoms with E-state index in [9.17, 15) is 14.7 Å². The van der Waals surface area contributed by atoms with Gasteiger partial charge in [-0.05, 0) is 42.2 Å². The fourth-order valence-corrected chi connectivity index (χ4v) is 3.25. The van der Waals surface area contributed by atoms with Crippen LogP contribution in [0.5, 0.6) is 5.75 Å². The topological polar surface area (TPSA) is 69.6 Å². The van der Waals surface area contributed by atoms with Crippen molar-refractivity contribution < 1.29 is 14.7 Å². The normalized spacial score (nSPS) is 14.4. The molecule has 0 saturated carbocycles. The number of phenols is 1. The van der Waals surface area contributed by atoms with Gasteiger partial charge in [0.15, 0.2) is 0 Å². The molecule has 5 nitrogen and oxygen atoms in total. The molecule has 1 unspecified atom stereocenters. The molecule has 0 spiro atoms. The van der Waals surface area contributed by atoms with Crippen LogP contribution < -0.4 is 5.32 Å². The first-order chi connectivity index (χ1) is 12.5. The minimum atomic E-state index is -0.167. The first-order valence-electron chi connectivity index (χ1n) is 8.96. The summed E-state index contributed by atoms with van der Waals surface area (Å²) in [5, 5.41) is 12.2. The Morgan fingerprint density at radius 1 is 1.08 bits per heavy atom. The number of nitrogens with one attached hydrogen (secondary N) is 1. The predicted molar refractivity (Wildman–Crippen MR) is 99.5 cm³/mol. The van der Waals surface area contributed by atoms with E-state index in [0.717, 1.165) is 12.0 Å². The molecule has 26 heavy (non-hydrogen) atoms. The van der Waals surface area contributed by atoms with E-state index in [-0.39, 0.29) is 36.4 Å². The van der Waals surface area contributed by atoms with E-state index in [0.29, 0.717) is 13.1 Å². The number of fused-ring (bicyclic) bond motifs is 1. The second-order valence-electron chi connectivity index (χ2n) is 6.71. The highest BCUT2D eigenvalue weighted by Gasteiger charge is 2.21. The van der Waals surface area contributed by atoms with E-state index in [4.69, 9.17) is 0 Å². The fourth-order valence-electron chi connectivity index (χ4n) is 3.25. The molecular weight excluding hydrogens is 328 g/mol. The molecular formula is C21H24N2O3. The summed E-state index contributed by atoms with van der Waals surface area (Å²) in [5.41, 5.74) is 3.41. The van der Waals surface area contributed by atoms with Gasteiger partial charge in [0.2, 0.25) is 11.8 Å². The van der Waals surface area contributed by atoms with Crippen LogP contribution in [-0.4, -0.2) is 28.4 Å². The highest BCUT2D eigenvalue weighted by Crippen LogP contribution is 2.20. The fraction of sp³-hybridized carbons (Fsp3) is 0.333. The number of carbonyl (C=O) groups is 2. The average Bonchev–Trinajstić information content (AvgIpc) is 2.66. The summed E-state index contributed by atoms with van der Waals surface area (Å²) < 4.78 is 0. The van der Waals surface area contributed by atoms with Gasteiger partial charge in [0, 0.05) is 25.9 Å². The zero-order valence-electron chi connectivity index (χ0n) is 14.9. The second-order valence-corrected chi connectivity index (χ2v) is 6.71. The number of phenolic OH excluding ortho intramolecular Hbond substituents is 1. The molecule has 2 N–H and O–H groups in total. The molecule has 0 bridgehead atoms. The van der Waals surface area contributed by atoms with Crippen molar-refractivity contribution in [2.75, 3.05) is 6.54 Å². The summed E-state index contributed by atoms with van der Waals surface area (Å²) in [7, 11) is 0. The molecule has 0 radical (unpaired) electrons. The average molecular weight is 352 g/mol. The standard InChI is InChI=1S/C21H24N2O3/c1-15(16-6-8-19(24)9-7-16)22-20(25)10-11-21(26)23-13-12-17-4-2-3-5-18(17)14-23/h2-9,15,24H,10-14H2,1H3,(H,22,25). The van der Waals surface area contributed by atoms with Gasteiger partial charge in [-0.25, -0.2) is 0 Å². The maximum absolute atomic E-state index is 12.4. The maximum atomic E-state index is 12.4. The molecule has 5 heteroatoms. The highest BCUT2D eigenvalue weighted by atomic mass is 16.3. The van der Waals surface area contributed by atoms with Gasteiger partial charge in [0.1, 0.15) is 5.75 Å². The van der Waals surface area contributed by atoms with E-state index >= 15 is 0 Å². The highest BCUT2D eigenvalue weighted by molar-refractivity contribution is 5.84. The molecule has 0 aliphatic carbocycles. The monoisotopic (exact) mass is 352 g/mol. The third-order valence-electron chi connectivity index (χ3n) is 4.82. The number of amides is 2. The number of carbonyl (C=O) groups excluding carboxylic acids is 2. The van der Waals surface area contributed by atoms with Crippen LogP contribution in [0.2, 0.25) is 0 Å². The van der Waals surface area contributed by atoms with Crippen LogP contribution >= 0.6 is 0 Å². The van der Waals surface area contributed by atoms with Gasteiger partial charge in [-0.3, -0.25) is 9.59 Å². The SMILES string of the molecule is CC(NC(=O)CCC(=O)N1CCc2ccccc2C1)c1ccc(O)cc1. The molecule has 1 aliphatic rings. The van der Waals surface area contributed by atoms with E-state index in [1.165, 1.54) is 11.1 Å². The number of hydrogen-bond acceptors (Lipinski definition) is 3. The molecule has 1 atom stereocenters. The van der Waals surface area contributed by atoms with Crippen LogP contribution in [0.15, 0.2) is 48.5 Å². The molecule has 0 saturated heterocycles. The Morgan fingerprint density at radius 2 is 1.77 bits per heavy atom. The first kappa shape index (κ1) is 18.0. The lowest BCUT2D eigenvalue weighted by Gasteiger charge is -2.29. The number of benzene rings is 2. The van der Waals surface area contributed by atoms with Crippen LogP contribution in [0.25, 0.3) is 0 Å². The van der Waals surface area contributed by atoms with Crippen molar-refractivity contribution in [1.29, 1.82) is 0 Å². The van der Waals surface area contributed by atoms with Gasteiger partial charge in [-0.15, -0.1) is 0 Å². The van der Waals surface area contributed by atoms with E-state index in [1.807, 2.05) is 24.0 Å². The minimum absolute atomic E-state index is 0.0203. The van der Waals surface area contributed by atoms with Crippen molar-refractivity contribution in [2.45, 2.75) is 38.8 Å². The molecule has 1 aliphatic heterocycles. The van der Waals surface area contributed by atoms with Crippen molar-refractivity contribution in [2.24, 2.45) is 0 Å². The van der Waals surface area contributed by atoms with Crippen molar-refractivity contribution in [3.63, 3.8) is 0 Å². The number of hydrogen-bond donors (Lipinski definition) is 2. The lowest BCUT2D eigenvalue weighted by Crippen LogP contribution is -2.36. The van der Waals surface area contributed by atoms with Gasteiger partial charge in [-0.1, -0.05) is 36.4 Å². The summed E-state index contributed by atoms with van der Waals surface area (Å²) in [6.45, 7) is 3.22. The summed E-state index contributed by atoms with van der Waals surface area (Å²) in [5.74, 6) is 0.0734. The molecule has 0 fully saturated rings. The van der Waals surface area contributed by atoms with Crippen molar-refractivity contribution in [3.05, 3.63) is 65.2 Å². The Kier molecular flexibility index (Phi) is 5.56. The van der Waals surface area contributed by atoms with E-state index < -0.39 is 0 Å². The van der Waals surface area contributed by atoms with Crippen LogP contribution in [0, 0.1) is 0 Å². The Labute approximate surface area is 153 Å². The summed E-state index contributed by atoms with van der Waals surface area (Å²) in [6.07, 6.45) is 1.27. The summed E-state index contributed by atoms with van der Waals surface area (Å²) in [6, 6.07) is 14.7. The maximum Gasteiger partial charge on any atom is 0.223 e. The minimum Gasteiger partial charge on any atom is -0.508 e. The van der Waals surface area contributed by atoms with Gasteiger partial charge >= 0.3 is 0 Å². The van der Waals surface area contributed by atoms with Crippen molar-refractivity contribution in [3.8, 4) is 5.75 Å². The smallest absolute Gasteiger partial charge is 0.223 e. The third-order valence-corrected chi connectivity index (χ3v) is 4.82. The van der Waals surface area contributed by atoms with E-state index in [1.54, 1.807) is 24.3 Å². The van der Waals surface area contributed by atoms with Crippen LogP contribution in [0.4, 0.5) is 0 Å². The number of aromatic hydroxyl groups is 1.